The topological polar surface area (TPSA) is 63.7 Å². The maximum atomic E-state index is 13.8. The largest absolute Gasteiger partial charge is 0.420 e. The molecule has 0 aliphatic heterocycles. The van der Waals surface area contributed by atoms with Gasteiger partial charge in [-0.25, -0.2) is 21.9 Å². The molecule has 2 aromatic rings. The van der Waals surface area contributed by atoms with Crippen LogP contribution < -0.4 is 4.74 Å². The van der Waals surface area contributed by atoms with Crippen molar-refractivity contribution in [2.75, 3.05) is 14.1 Å². The van der Waals surface area contributed by atoms with Crippen LogP contribution in [0.4, 0.5) is 4.39 Å². The number of rotatable bonds is 4. The van der Waals surface area contributed by atoms with Gasteiger partial charge in [0, 0.05) is 18.6 Å². The lowest BCUT2D eigenvalue weighted by atomic mass is 10.1. The Labute approximate surface area is 154 Å². The van der Waals surface area contributed by atoms with E-state index in [0.717, 1.165) is 4.31 Å². The van der Waals surface area contributed by atoms with E-state index in [-0.39, 0.29) is 16.2 Å². The molecule has 0 bridgehead atoms. The quantitative estimate of drug-likeness (QED) is 0.549. The van der Waals surface area contributed by atoms with Gasteiger partial charge in [-0.05, 0) is 55.3 Å². The zero-order valence-electron chi connectivity index (χ0n) is 14.1. The van der Waals surface area contributed by atoms with E-state index in [0.29, 0.717) is 15.6 Å². The van der Waals surface area contributed by atoms with Crippen molar-refractivity contribution in [2.24, 2.45) is 0 Å². The minimum Gasteiger partial charge on any atom is -0.420 e. The predicted molar refractivity (Wildman–Crippen MR) is 95.8 cm³/mol. The number of benzene rings is 2. The first-order valence-corrected chi connectivity index (χ1v) is 9.48. The van der Waals surface area contributed by atoms with Crippen LogP contribution in [0, 0.1) is 19.7 Å². The molecule has 25 heavy (non-hydrogen) atoms. The first-order valence-electron chi connectivity index (χ1n) is 7.25. The van der Waals surface area contributed by atoms with Gasteiger partial charge in [0.05, 0.1) is 10.5 Å². The number of aryl methyl sites for hydroxylation is 1. The first-order chi connectivity index (χ1) is 11.5. The van der Waals surface area contributed by atoms with Gasteiger partial charge in [0.25, 0.3) is 0 Å². The Balaban J connectivity index is 2.46. The maximum Gasteiger partial charge on any atom is 0.343 e. The fourth-order valence-electron chi connectivity index (χ4n) is 2.13. The Hall–Kier alpha value is -1.77. The summed E-state index contributed by atoms with van der Waals surface area (Å²) in [5.74, 6) is -1.77. The van der Waals surface area contributed by atoms with Crippen molar-refractivity contribution in [2.45, 2.75) is 18.7 Å². The molecule has 0 amide bonds. The molecule has 5 nitrogen and oxygen atoms in total. The Kier molecular flexibility index (Phi) is 5.65. The monoisotopic (exact) mass is 429 g/mol. The van der Waals surface area contributed by atoms with Crippen LogP contribution in [0.3, 0.4) is 0 Å². The number of esters is 1. The van der Waals surface area contributed by atoms with E-state index in [1.54, 1.807) is 13.8 Å². The van der Waals surface area contributed by atoms with Gasteiger partial charge in [0.15, 0.2) is 11.6 Å². The summed E-state index contributed by atoms with van der Waals surface area (Å²) in [4.78, 5) is 12.4. The second kappa shape index (κ2) is 7.23. The zero-order valence-corrected chi connectivity index (χ0v) is 16.5. The highest BCUT2D eigenvalue weighted by molar-refractivity contribution is 9.10. The number of carbonyl (C=O) groups is 1. The van der Waals surface area contributed by atoms with E-state index in [4.69, 9.17) is 4.74 Å². The molecule has 0 aliphatic carbocycles. The van der Waals surface area contributed by atoms with Crippen LogP contribution in [0.1, 0.15) is 21.5 Å². The number of halogens is 2. The van der Waals surface area contributed by atoms with Crippen LogP contribution in [0.15, 0.2) is 39.7 Å². The molecule has 0 radical (unpaired) electrons. The molecule has 8 heteroatoms. The van der Waals surface area contributed by atoms with Crippen LogP contribution in [0.5, 0.6) is 5.75 Å². The summed E-state index contributed by atoms with van der Waals surface area (Å²) in [6.07, 6.45) is 0. The fourth-order valence-corrected chi connectivity index (χ4v) is 3.68. The number of ether oxygens (including phenoxy) is 1. The van der Waals surface area contributed by atoms with Crippen molar-refractivity contribution < 1.29 is 22.3 Å². The van der Waals surface area contributed by atoms with Crippen molar-refractivity contribution >= 4 is 31.9 Å². The molecular weight excluding hydrogens is 413 g/mol. The second-order valence-corrected chi connectivity index (χ2v) is 8.70. The summed E-state index contributed by atoms with van der Waals surface area (Å²) >= 11 is 3.12. The van der Waals surface area contributed by atoms with E-state index in [1.807, 2.05) is 0 Å². The number of nitrogens with zero attached hydrogens (tertiary/aromatic N) is 1. The summed E-state index contributed by atoms with van der Waals surface area (Å²) in [5, 5.41) is 0. The van der Waals surface area contributed by atoms with Crippen LogP contribution in [-0.4, -0.2) is 32.8 Å². The second-order valence-electron chi connectivity index (χ2n) is 5.67. The minimum absolute atomic E-state index is 0.0146. The van der Waals surface area contributed by atoms with Gasteiger partial charge in [0.2, 0.25) is 10.0 Å². The molecule has 0 heterocycles. The first kappa shape index (κ1) is 19.6. The molecule has 0 fully saturated rings. The average molecular weight is 430 g/mol. The Morgan fingerprint density at radius 1 is 1.16 bits per heavy atom. The summed E-state index contributed by atoms with van der Waals surface area (Å²) in [7, 11) is -0.909. The third kappa shape index (κ3) is 4.08. The van der Waals surface area contributed by atoms with E-state index in [9.17, 15) is 17.6 Å². The molecule has 0 atom stereocenters. The van der Waals surface area contributed by atoms with Crippen molar-refractivity contribution in [1.82, 2.24) is 4.31 Å². The van der Waals surface area contributed by atoms with Gasteiger partial charge in [-0.3, -0.25) is 0 Å². The highest BCUT2D eigenvalue weighted by atomic mass is 79.9. The van der Waals surface area contributed by atoms with Crippen molar-refractivity contribution in [3.05, 3.63) is 57.3 Å². The van der Waals surface area contributed by atoms with Crippen molar-refractivity contribution in [3.63, 3.8) is 0 Å². The van der Waals surface area contributed by atoms with Gasteiger partial charge in [-0.15, -0.1) is 0 Å². The molecule has 2 rings (SSSR count). The number of hydrogen-bond donors (Lipinski definition) is 0. The average Bonchev–Trinajstić information content (AvgIpc) is 2.52. The third-order valence-corrected chi connectivity index (χ3v) is 6.15. The number of sulfonamides is 1. The Bertz CT molecular complexity index is 942. The smallest absolute Gasteiger partial charge is 0.343 e. The van der Waals surface area contributed by atoms with Gasteiger partial charge in [-0.2, -0.15) is 0 Å². The molecular formula is C17H17BrFNO4S. The predicted octanol–water partition coefficient (Wildman–Crippen LogP) is 3.67. The highest BCUT2D eigenvalue weighted by Crippen LogP contribution is 2.26. The number of carbonyl (C=O) groups excluding carboxylic acids is 1. The molecule has 2 aromatic carbocycles. The lowest BCUT2D eigenvalue weighted by Crippen LogP contribution is -2.24. The van der Waals surface area contributed by atoms with E-state index in [2.05, 4.69) is 15.9 Å². The van der Waals surface area contributed by atoms with E-state index >= 15 is 0 Å². The summed E-state index contributed by atoms with van der Waals surface area (Å²) in [6, 6.07) is 6.79. The molecule has 0 N–H and O–H groups in total. The number of hydrogen-bond acceptors (Lipinski definition) is 4. The van der Waals surface area contributed by atoms with E-state index < -0.39 is 21.8 Å². The third-order valence-electron chi connectivity index (χ3n) is 3.71. The molecule has 0 spiro atoms. The Morgan fingerprint density at radius 2 is 1.80 bits per heavy atom. The lowest BCUT2D eigenvalue weighted by molar-refractivity contribution is 0.0727. The summed E-state index contributed by atoms with van der Waals surface area (Å²) in [5.41, 5.74) is 1.19. The fraction of sp³-hybridized carbons (Fsp3) is 0.235. The lowest BCUT2D eigenvalue weighted by Gasteiger charge is -2.16. The normalized spacial score (nSPS) is 11.6. The van der Waals surface area contributed by atoms with Crippen molar-refractivity contribution in [3.8, 4) is 5.75 Å². The minimum atomic E-state index is -3.73. The molecule has 0 aliphatic rings. The van der Waals surface area contributed by atoms with Gasteiger partial charge in [-0.1, -0.05) is 15.9 Å². The summed E-state index contributed by atoms with van der Waals surface area (Å²) < 4.78 is 45.4. The zero-order chi connectivity index (χ0) is 18.9. The van der Waals surface area contributed by atoms with Gasteiger partial charge < -0.3 is 4.74 Å². The Morgan fingerprint density at radius 3 is 2.36 bits per heavy atom. The van der Waals surface area contributed by atoms with Gasteiger partial charge in [0.1, 0.15) is 0 Å². The van der Waals surface area contributed by atoms with Crippen LogP contribution in [0.2, 0.25) is 0 Å². The van der Waals surface area contributed by atoms with E-state index in [1.165, 1.54) is 44.4 Å². The van der Waals surface area contributed by atoms with Crippen LogP contribution >= 0.6 is 15.9 Å². The molecule has 0 saturated heterocycles. The molecule has 0 unspecified atom stereocenters. The standard InChI is InChI=1S/C17H17BrFNO4S/c1-10-7-12(8-16(11(10)2)25(22,23)20(3)4)17(21)24-15-6-5-13(18)9-14(15)19/h5-9H,1-4H3. The SMILES string of the molecule is Cc1cc(C(=O)Oc2ccc(Br)cc2F)cc(S(=O)(=O)N(C)C)c1C. The van der Waals surface area contributed by atoms with Crippen molar-refractivity contribution in [1.29, 1.82) is 0 Å². The maximum absolute atomic E-state index is 13.8. The van der Waals surface area contributed by atoms with Crippen LogP contribution in [-0.2, 0) is 10.0 Å². The summed E-state index contributed by atoms with van der Waals surface area (Å²) in [6.45, 7) is 3.36. The molecule has 0 aromatic heterocycles. The van der Waals surface area contributed by atoms with Gasteiger partial charge >= 0.3 is 5.97 Å². The van der Waals surface area contributed by atoms with Crippen LogP contribution in [0.25, 0.3) is 0 Å². The molecule has 134 valence electrons. The highest BCUT2D eigenvalue weighted by Gasteiger charge is 2.24. The molecule has 0 saturated carbocycles.